The molecule has 0 aliphatic heterocycles. The van der Waals surface area contributed by atoms with Gasteiger partial charge in [-0.15, -0.1) is 0 Å². The zero-order chi connectivity index (χ0) is 22.4. The van der Waals surface area contributed by atoms with E-state index in [2.05, 4.69) is 86.4 Å². The van der Waals surface area contributed by atoms with E-state index in [-0.39, 0.29) is 0 Å². The third-order valence-electron chi connectivity index (χ3n) is 6.35. The van der Waals surface area contributed by atoms with Crippen molar-refractivity contribution in [3.8, 4) is 11.8 Å². The Kier molecular flexibility index (Phi) is 10.4. The maximum atomic E-state index is 3.36. The third-order valence-corrected chi connectivity index (χ3v) is 6.35. The Morgan fingerprint density at radius 2 is 0.969 bits per heavy atom. The summed E-state index contributed by atoms with van der Waals surface area (Å²) in [5, 5.41) is 2.60. The number of aryl methyl sites for hydroxylation is 2. The van der Waals surface area contributed by atoms with Gasteiger partial charge in [0.25, 0.3) is 0 Å². The lowest BCUT2D eigenvalue weighted by molar-refractivity contribution is 0.607. The maximum absolute atomic E-state index is 3.36. The average Bonchev–Trinajstić information content (AvgIpc) is 2.83. The highest BCUT2D eigenvalue weighted by Crippen LogP contribution is 2.19. The topological polar surface area (TPSA) is 0 Å². The van der Waals surface area contributed by atoms with Gasteiger partial charge in [0, 0.05) is 11.1 Å². The van der Waals surface area contributed by atoms with Crippen molar-refractivity contribution in [2.75, 3.05) is 0 Å². The Labute approximate surface area is 196 Å². The molecule has 0 heterocycles. The Bertz CT molecular complexity index is 998. The highest BCUT2D eigenvalue weighted by molar-refractivity contribution is 5.84. The molecule has 0 heteroatoms. The second-order valence-corrected chi connectivity index (χ2v) is 9.17. The Hall–Kier alpha value is -2.52. The second kappa shape index (κ2) is 13.8. The standard InChI is InChI=1S/C32H40/c1-3-5-7-9-10-12-13-27-15-17-28(18-16-27)19-20-30-22-24-31-25-29(14-11-8-6-4-2)21-23-32(31)26-30/h15-18,21-26H,3-14H2,1-2H3. The van der Waals surface area contributed by atoms with Crippen LogP contribution in [0.1, 0.15) is 100 Å². The van der Waals surface area contributed by atoms with Gasteiger partial charge in [0.1, 0.15) is 0 Å². The van der Waals surface area contributed by atoms with Crippen molar-refractivity contribution < 1.29 is 0 Å². The molecule has 0 atom stereocenters. The molecule has 0 unspecified atom stereocenters. The van der Waals surface area contributed by atoms with E-state index in [9.17, 15) is 0 Å². The van der Waals surface area contributed by atoms with Gasteiger partial charge in [-0.2, -0.15) is 0 Å². The molecule has 168 valence electrons. The van der Waals surface area contributed by atoms with Crippen molar-refractivity contribution in [2.45, 2.75) is 90.9 Å². The van der Waals surface area contributed by atoms with Gasteiger partial charge in [-0.25, -0.2) is 0 Å². The van der Waals surface area contributed by atoms with Crippen molar-refractivity contribution in [3.63, 3.8) is 0 Å². The summed E-state index contributed by atoms with van der Waals surface area (Å²) in [6.45, 7) is 4.54. The fourth-order valence-corrected chi connectivity index (χ4v) is 4.29. The van der Waals surface area contributed by atoms with E-state index in [1.165, 1.54) is 98.9 Å². The molecule has 3 aromatic carbocycles. The van der Waals surface area contributed by atoms with Gasteiger partial charge in [-0.05, 0) is 71.8 Å². The highest BCUT2D eigenvalue weighted by atomic mass is 14.0. The highest BCUT2D eigenvalue weighted by Gasteiger charge is 1.99. The van der Waals surface area contributed by atoms with E-state index >= 15 is 0 Å². The molecule has 0 saturated heterocycles. The van der Waals surface area contributed by atoms with E-state index in [0.717, 1.165) is 11.1 Å². The number of unbranched alkanes of at least 4 members (excludes halogenated alkanes) is 8. The van der Waals surface area contributed by atoms with Crippen LogP contribution in [0.3, 0.4) is 0 Å². The summed E-state index contributed by atoms with van der Waals surface area (Å²) in [6, 6.07) is 22.3. The molecule has 0 aliphatic rings. The molecule has 0 nitrogen and oxygen atoms in total. The number of fused-ring (bicyclic) bond motifs is 1. The first-order chi connectivity index (χ1) is 15.8. The van der Waals surface area contributed by atoms with Crippen molar-refractivity contribution in [1.29, 1.82) is 0 Å². The van der Waals surface area contributed by atoms with Gasteiger partial charge in [0.15, 0.2) is 0 Å². The van der Waals surface area contributed by atoms with Crippen LogP contribution >= 0.6 is 0 Å². The molecule has 0 saturated carbocycles. The summed E-state index contributed by atoms with van der Waals surface area (Å²) in [5.74, 6) is 6.70. The van der Waals surface area contributed by atoms with Crippen LogP contribution in [0.25, 0.3) is 10.8 Å². The molecule has 0 amide bonds. The van der Waals surface area contributed by atoms with Gasteiger partial charge >= 0.3 is 0 Å². The second-order valence-electron chi connectivity index (χ2n) is 9.17. The van der Waals surface area contributed by atoms with E-state index in [0.29, 0.717) is 0 Å². The first kappa shape index (κ1) is 24.1. The lowest BCUT2D eigenvalue weighted by Crippen LogP contribution is -1.87. The lowest BCUT2D eigenvalue weighted by atomic mass is 10.0. The fraction of sp³-hybridized carbons (Fsp3) is 0.438. The first-order valence-electron chi connectivity index (χ1n) is 12.9. The molecular weight excluding hydrogens is 384 g/mol. The van der Waals surface area contributed by atoms with Crippen LogP contribution in [0.15, 0.2) is 60.7 Å². The monoisotopic (exact) mass is 424 g/mol. The minimum atomic E-state index is 1.09. The van der Waals surface area contributed by atoms with E-state index in [4.69, 9.17) is 0 Å². The predicted octanol–water partition coefficient (Wildman–Crippen LogP) is 9.27. The van der Waals surface area contributed by atoms with E-state index in [1.807, 2.05) is 0 Å². The molecule has 0 fully saturated rings. The Balaban J connectivity index is 1.53. The molecule has 0 aliphatic carbocycles. The minimum Gasteiger partial charge on any atom is -0.0654 e. The summed E-state index contributed by atoms with van der Waals surface area (Å²) in [6.07, 6.45) is 15.8. The minimum absolute atomic E-state index is 1.09. The van der Waals surface area contributed by atoms with Crippen LogP contribution in [0.5, 0.6) is 0 Å². The van der Waals surface area contributed by atoms with Gasteiger partial charge < -0.3 is 0 Å². The maximum Gasteiger partial charge on any atom is 0.0255 e. The van der Waals surface area contributed by atoms with Gasteiger partial charge in [0.05, 0.1) is 0 Å². The molecule has 32 heavy (non-hydrogen) atoms. The predicted molar refractivity (Wildman–Crippen MR) is 141 cm³/mol. The van der Waals surface area contributed by atoms with Crippen molar-refractivity contribution in [1.82, 2.24) is 0 Å². The molecule has 0 aromatic heterocycles. The number of hydrogen-bond donors (Lipinski definition) is 0. The van der Waals surface area contributed by atoms with Crippen molar-refractivity contribution in [2.24, 2.45) is 0 Å². The molecular formula is C32H40. The fourth-order valence-electron chi connectivity index (χ4n) is 4.29. The van der Waals surface area contributed by atoms with Crippen LogP contribution < -0.4 is 0 Å². The normalized spacial score (nSPS) is 10.8. The van der Waals surface area contributed by atoms with Crippen LogP contribution in [-0.2, 0) is 12.8 Å². The molecule has 3 aromatic rings. The van der Waals surface area contributed by atoms with E-state index < -0.39 is 0 Å². The van der Waals surface area contributed by atoms with Crippen molar-refractivity contribution >= 4 is 10.8 Å². The molecule has 0 radical (unpaired) electrons. The van der Waals surface area contributed by atoms with Gasteiger partial charge in [-0.1, -0.05) is 113 Å². The largest absolute Gasteiger partial charge is 0.0654 e. The van der Waals surface area contributed by atoms with Gasteiger partial charge in [-0.3, -0.25) is 0 Å². The Morgan fingerprint density at radius 1 is 0.469 bits per heavy atom. The van der Waals surface area contributed by atoms with Crippen LogP contribution in [0, 0.1) is 11.8 Å². The summed E-state index contributed by atoms with van der Waals surface area (Å²) in [4.78, 5) is 0. The Morgan fingerprint density at radius 3 is 1.72 bits per heavy atom. The quantitative estimate of drug-likeness (QED) is 0.201. The van der Waals surface area contributed by atoms with E-state index in [1.54, 1.807) is 0 Å². The number of benzene rings is 3. The van der Waals surface area contributed by atoms with Crippen molar-refractivity contribution in [3.05, 3.63) is 82.9 Å². The first-order valence-corrected chi connectivity index (χ1v) is 12.9. The zero-order valence-corrected chi connectivity index (χ0v) is 20.3. The summed E-state index contributed by atoms with van der Waals surface area (Å²) < 4.78 is 0. The summed E-state index contributed by atoms with van der Waals surface area (Å²) in [5.41, 5.74) is 5.07. The molecule has 0 bridgehead atoms. The lowest BCUT2D eigenvalue weighted by Gasteiger charge is -2.04. The molecule has 0 spiro atoms. The zero-order valence-electron chi connectivity index (χ0n) is 20.3. The van der Waals surface area contributed by atoms with Crippen LogP contribution in [0.4, 0.5) is 0 Å². The third kappa shape index (κ3) is 8.20. The SMILES string of the molecule is CCCCCCCCc1ccc(C#Cc2ccc3cc(CCCCCC)ccc3c2)cc1. The molecule has 0 N–H and O–H groups in total. The summed E-state index contributed by atoms with van der Waals surface area (Å²) >= 11 is 0. The van der Waals surface area contributed by atoms with Crippen LogP contribution in [0.2, 0.25) is 0 Å². The summed E-state index contributed by atoms with van der Waals surface area (Å²) in [7, 11) is 0. The average molecular weight is 425 g/mol. The van der Waals surface area contributed by atoms with Gasteiger partial charge in [0.2, 0.25) is 0 Å². The number of rotatable bonds is 12. The smallest absolute Gasteiger partial charge is 0.0255 e. The number of hydrogen-bond acceptors (Lipinski definition) is 0. The van der Waals surface area contributed by atoms with Crippen LogP contribution in [-0.4, -0.2) is 0 Å². The molecule has 3 rings (SSSR count).